The van der Waals surface area contributed by atoms with Crippen LogP contribution in [-0.4, -0.2) is 25.2 Å². The number of ether oxygens (including phenoxy) is 2. The van der Waals surface area contributed by atoms with Crippen LogP contribution in [-0.2, 0) is 25.5 Å². The Labute approximate surface area is 176 Å². The van der Waals surface area contributed by atoms with Crippen molar-refractivity contribution < 1.29 is 19.1 Å². The van der Waals surface area contributed by atoms with Crippen LogP contribution < -0.4 is 0 Å². The maximum Gasteiger partial charge on any atom is 0.320 e. The van der Waals surface area contributed by atoms with E-state index in [1.807, 2.05) is 0 Å². The zero-order valence-electron chi connectivity index (χ0n) is 12.2. The van der Waals surface area contributed by atoms with Crippen LogP contribution in [0, 0.1) is 5.92 Å². The Balaban J connectivity index is 3.28. The standard InChI is InChI=1S/C14H13Br5O4/c1-3-22-13(20)7(14(21)23-4-2)5-6-8(15)10(17)12(19)11(18)9(6)16/h7H,3-5H2,1-2H3. The van der Waals surface area contributed by atoms with Gasteiger partial charge in [0.1, 0.15) is 0 Å². The van der Waals surface area contributed by atoms with E-state index in [1.165, 1.54) is 0 Å². The topological polar surface area (TPSA) is 52.6 Å². The van der Waals surface area contributed by atoms with Crippen molar-refractivity contribution in [2.24, 2.45) is 5.92 Å². The van der Waals surface area contributed by atoms with Crippen LogP contribution in [0.1, 0.15) is 19.4 Å². The number of carbonyl (C=O) groups excluding carboxylic acids is 2. The fraction of sp³-hybridized carbons (Fsp3) is 0.429. The second-order valence-electron chi connectivity index (χ2n) is 4.31. The molecule has 4 nitrogen and oxygen atoms in total. The van der Waals surface area contributed by atoms with Gasteiger partial charge in [0.05, 0.1) is 13.2 Å². The largest absolute Gasteiger partial charge is 0.465 e. The van der Waals surface area contributed by atoms with Crippen LogP contribution in [0.3, 0.4) is 0 Å². The first-order valence-corrected chi connectivity index (χ1v) is 10.6. The lowest BCUT2D eigenvalue weighted by atomic mass is 9.99. The molecule has 128 valence electrons. The third-order valence-corrected chi connectivity index (χ3v) is 9.11. The summed E-state index contributed by atoms with van der Waals surface area (Å²) >= 11 is 17.4. The SMILES string of the molecule is CCOC(=O)C(Cc1c(Br)c(Br)c(Br)c(Br)c1Br)C(=O)OCC. The molecule has 0 amide bonds. The van der Waals surface area contributed by atoms with Crippen LogP contribution in [0.15, 0.2) is 22.4 Å². The molecule has 0 aliphatic rings. The van der Waals surface area contributed by atoms with E-state index in [9.17, 15) is 9.59 Å². The minimum Gasteiger partial charge on any atom is -0.465 e. The van der Waals surface area contributed by atoms with Crippen molar-refractivity contribution in [3.8, 4) is 0 Å². The minimum atomic E-state index is -1.03. The highest BCUT2D eigenvalue weighted by atomic mass is 79.9. The summed E-state index contributed by atoms with van der Waals surface area (Å²) < 4.78 is 13.8. The molecule has 0 atom stereocenters. The molecule has 0 unspecified atom stereocenters. The molecule has 1 aromatic rings. The van der Waals surface area contributed by atoms with Crippen LogP contribution >= 0.6 is 79.6 Å². The van der Waals surface area contributed by atoms with E-state index in [-0.39, 0.29) is 19.6 Å². The quantitative estimate of drug-likeness (QED) is 0.171. The summed E-state index contributed by atoms with van der Waals surface area (Å²) in [5.74, 6) is -2.22. The van der Waals surface area contributed by atoms with Gasteiger partial charge >= 0.3 is 11.9 Å². The van der Waals surface area contributed by atoms with Gasteiger partial charge in [0.15, 0.2) is 5.92 Å². The normalized spacial score (nSPS) is 10.8. The molecule has 0 fully saturated rings. The van der Waals surface area contributed by atoms with Gasteiger partial charge in [-0.3, -0.25) is 9.59 Å². The van der Waals surface area contributed by atoms with Gasteiger partial charge < -0.3 is 9.47 Å². The van der Waals surface area contributed by atoms with E-state index in [4.69, 9.17) is 9.47 Å². The fourth-order valence-electron chi connectivity index (χ4n) is 1.78. The molecule has 23 heavy (non-hydrogen) atoms. The number of esters is 2. The molecule has 0 saturated carbocycles. The molecule has 0 aliphatic carbocycles. The predicted octanol–water partition coefficient (Wildman–Crippen LogP) is 5.78. The van der Waals surface area contributed by atoms with Crippen molar-refractivity contribution in [1.29, 1.82) is 0 Å². The summed E-state index contributed by atoms with van der Waals surface area (Å²) in [6.07, 6.45) is 0.142. The van der Waals surface area contributed by atoms with Gasteiger partial charge in [-0.15, -0.1) is 0 Å². The highest BCUT2D eigenvalue weighted by molar-refractivity contribution is 9.15. The lowest BCUT2D eigenvalue weighted by Gasteiger charge is -2.18. The van der Waals surface area contributed by atoms with Gasteiger partial charge in [-0.05, 0) is 105 Å². The molecule has 0 spiro atoms. The van der Waals surface area contributed by atoms with Crippen LogP contribution in [0.5, 0.6) is 0 Å². The highest BCUT2D eigenvalue weighted by Gasteiger charge is 2.32. The van der Waals surface area contributed by atoms with Crippen LogP contribution in [0.2, 0.25) is 0 Å². The number of carbonyl (C=O) groups is 2. The van der Waals surface area contributed by atoms with Crippen LogP contribution in [0.25, 0.3) is 0 Å². The molecule has 1 aromatic carbocycles. The van der Waals surface area contributed by atoms with Crippen molar-refractivity contribution in [3.05, 3.63) is 27.9 Å². The Bertz CT molecular complexity index is 571. The first-order chi connectivity index (χ1) is 10.8. The number of rotatable bonds is 6. The number of benzene rings is 1. The number of hydrogen-bond donors (Lipinski definition) is 0. The zero-order valence-corrected chi connectivity index (χ0v) is 20.2. The number of hydrogen-bond acceptors (Lipinski definition) is 4. The van der Waals surface area contributed by atoms with E-state index in [0.29, 0.717) is 0 Å². The maximum atomic E-state index is 12.1. The lowest BCUT2D eigenvalue weighted by molar-refractivity contribution is -0.161. The Hall–Kier alpha value is 0.560. The molecule has 9 heteroatoms. The molecular formula is C14H13Br5O4. The molecule has 0 bridgehead atoms. The maximum absolute atomic E-state index is 12.1. The molecule has 0 heterocycles. The van der Waals surface area contributed by atoms with Gasteiger partial charge in [0, 0.05) is 22.4 Å². The summed E-state index contributed by atoms with van der Waals surface area (Å²) in [7, 11) is 0. The fourth-order valence-corrected chi connectivity index (χ4v) is 5.23. The Morgan fingerprint density at radius 3 is 1.48 bits per heavy atom. The molecule has 0 N–H and O–H groups in total. The van der Waals surface area contributed by atoms with Crippen LogP contribution in [0.4, 0.5) is 0 Å². The zero-order chi connectivity index (χ0) is 17.7. The van der Waals surface area contributed by atoms with E-state index in [1.54, 1.807) is 13.8 Å². The molecule has 0 aromatic heterocycles. The third-order valence-electron chi connectivity index (χ3n) is 2.85. The first-order valence-electron chi connectivity index (χ1n) is 6.59. The van der Waals surface area contributed by atoms with Crippen molar-refractivity contribution in [1.82, 2.24) is 0 Å². The van der Waals surface area contributed by atoms with Gasteiger partial charge in [0.25, 0.3) is 0 Å². The second-order valence-corrected chi connectivity index (χ2v) is 8.27. The predicted molar refractivity (Wildman–Crippen MR) is 105 cm³/mol. The van der Waals surface area contributed by atoms with Gasteiger partial charge in [0.2, 0.25) is 0 Å². The first kappa shape index (κ1) is 21.6. The average Bonchev–Trinajstić information content (AvgIpc) is 2.51. The molecule has 0 radical (unpaired) electrons. The Kier molecular flexibility index (Phi) is 9.29. The molecule has 0 saturated heterocycles. The molecule has 1 rings (SSSR count). The lowest BCUT2D eigenvalue weighted by Crippen LogP contribution is -2.30. The van der Waals surface area contributed by atoms with E-state index in [0.717, 1.165) is 27.9 Å². The summed E-state index contributed by atoms with van der Waals surface area (Å²) in [6, 6.07) is 0. The van der Waals surface area contributed by atoms with Crippen molar-refractivity contribution in [2.75, 3.05) is 13.2 Å². The Morgan fingerprint density at radius 2 is 1.13 bits per heavy atom. The number of halogens is 5. The van der Waals surface area contributed by atoms with Crippen molar-refractivity contribution in [3.63, 3.8) is 0 Å². The van der Waals surface area contributed by atoms with Crippen molar-refractivity contribution >= 4 is 91.6 Å². The molecular weight excluding hydrogens is 632 g/mol. The summed E-state index contributed by atoms with van der Waals surface area (Å²) in [5, 5.41) is 0. The van der Waals surface area contributed by atoms with E-state index >= 15 is 0 Å². The summed E-state index contributed by atoms with van der Waals surface area (Å²) in [6.45, 7) is 3.78. The second kappa shape index (κ2) is 9.89. The molecule has 0 aliphatic heterocycles. The highest BCUT2D eigenvalue weighted by Crippen LogP contribution is 2.45. The summed E-state index contributed by atoms with van der Waals surface area (Å²) in [4.78, 5) is 24.3. The van der Waals surface area contributed by atoms with E-state index < -0.39 is 17.9 Å². The van der Waals surface area contributed by atoms with Gasteiger partial charge in [-0.25, -0.2) is 0 Å². The summed E-state index contributed by atoms with van der Waals surface area (Å²) in [5.41, 5.74) is 0.748. The average molecular weight is 645 g/mol. The third kappa shape index (κ3) is 5.26. The Morgan fingerprint density at radius 1 is 0.783 bits per heavy atom. The smallest absolute Gasteiger partial charge is 0.320 e. The monoisotopic (exact) mass is 640 g/mol. The van der Waals surface area contributed by atoms with Gasteiger partial charge in [-0.1, -0.05) is 0 Å². The van der Waals surface area contributed by atoms with E-state index in [2.05, 4.69) is 79.6 Å². The van der Waals surface area contributed by atoms with Crippen molar-refractivity contribution in [2.45, 2.75) is 20.3 Å². The minimum absolute atomic E-state index is 0.142. The van der Waals surface area contributed by atoms with Gasteiger partial charge in [-0.2, -0.15) is 0 Å².